The van der Waals surface area contributed by atoms with Crippen LogP contribution in [0, 0.1) is 10.1 Å². The second-order valence-corrected chi connectivity index (χ2v) is 8.02. The van der Waals surface area contributed by atoms with Crippen molar-refractivity contribution < 1.29 is 14.5 Å². The number of hydrogen-bond acceptors (Lipinski definition) is 5. The number of para-hydroxylation sites is 2. The summed E-state index contributed by atoms with van der Waals surface area (Å²) in [5.41, 5.74) is 9.45. The summed E-state index contributed by atoms with van der Waals surface area (Å²) in [6.07, 6.45) is 0. The molecule has 0 aromatic heterocycles. The van der Waals surface area contributed by atoms with Crippen molar-refractivity contribution in [3.8, 4) is 0 Å². The molecule has 0 aliphatic carbocycles. The number of carbonyl (C=O) groups is 2. The van der Waals surface area contributed by atoms with Crippen LogP contribution in [0.2, 0.25) is 0 Å². The molecule has 0 spiro atoms. The normalized spacial score (nSPS) is 9.79. The van der Waals surface area contributed by atoms with Gasteiger partial charge in [0, 0.05) is 42.3 Å². The number of nitro groups is 1. The molecule has 0 aliphatic heterocycles. The molecule has 4 amide bonds. The molecule has 4 aromatic rings. The minimum Gasteiger partial charge on any atom is -0.399 e. The van der Waals surface area contributed by atoms with Crippen molar-refractivity contribution >= 4 is 34.8 Å². The van der Waals surface area contributed by atoms with Crippen molar-refractivity contribution in [2.75, 3.05) is 16.4 Å². The maximum Gasteiger partial charge on any atom is 0.319 e. The highest BCUT2D eigenvalue weighted by molar-refractivity contribution is 5.89. The lowest BCUT2D eigenvalue weighted by Gasteiger charge is -2.07. The molecule has 0 saturated heterocycles. The zero-order valence-electron chi connectivity index (χ0n) is 20.5. The molecule has 10 nitrogen and oxygen atoms in total. The molecule has 0 atom stereocenters. The van der Waals surface area contributed by atoms with E-state index < -0.39 is 4.92 Å². The van der Waals surface area contributed by atoms with E-state index in [9.17, 15) is 19.7 Å². The van der Waals surface area contributed by atoms with Crippen molar-refractivity contribution in [3.63, 3.8) is 0 Å². The maximum atomic E-state index is 11.6. The first-order valence-corrected chi connectivity index (χ1v) is 11.7. The Labute approximate surface area is 220 Å². The monoisotopic (exact) mass is 512 g/mol. The first-order chi connectivity index (χ1) is 18.4. The summed E-state index contributed by atoms with van der Waals surface area (Å²) in [5.74, 6) is 0. The molecule has 0 bridgehead atoms. The van der Waals surface area contributed by atoms with Crippen LogP contribution in [0.1, 0.15) is 11.1 Å². The van der Waals surface area contributed by atoms with Crippen molar-refractivity contribution in [1.29, 1.82) is 0 Å². The number of nitrogens with two attached hydrogens (primary N) is 1. The molecular weight excluding hydrogens is 484 g/mol. The highest BCUT2D eigenvalue weighted by Crippen LogP contribution is 2.13. The minimum absolute atomic E-state index is 0.00719. The third-order valence-corrected chi connectivity index (χ3v) is 5.04. The number of nitro benzene ring substituents is 1. The van der Waals surface area contributed by atoms with Gasteiger partial charge in [0.05, 0.1) is 4.92 Å². The van der Waals surface area contributed by atoms with Crippen LogP contribution in [-0.2, 0) is 13.1 Å². The van der Waals surface area contributed by atoms with Crippen LogP contribution in [0.3, 0.4) is 0 Å². The Morgan fingerprint density at radius 2 is 1.13 bits per heavy atom. The lowest BCUT2D eigenvalue weighted by molar-refractivity contribution is -0.384. The number of rotatable bonds is 7. The molecule has 194 valence electrons. The van der Waals surface area contributed by atoms with Gasteiger partial charge in [-0.2, -0.15) is 0 Å². The Bertz CT molecular complexity index is 1350. The zero-order chi connectivity index (χ0) is 27.2. The summed E-state index contributed by atoms with van der Waals surface area (Å²) >= 11 is 0. The highest BCUT2D eigenvalue weighted by Gasteiger charge is 2.07. The number of nitrogens with zero attached hydrogens (tertiary/aromatic N) is 1. The van der Waals surface area contributed by atoms with Crippen LogP contribution in [0.5, 0.6) is 0 Å². The molecule has 10 heteroatoms. The summed E-state index contributed by atoms with van der Waals surface area (Å²) < 4.78 is 0. The van der Waals surface area contributed by atoms with Crippen molar-refractivity contribution in [1.82, 2.24) is 10.6 Å². The van der Waals surface area contributed by atoms with E-state index in [-0.39, 0.29) is 24.3 Å². The van der Waals surface area contributed by atoms with Crippen LogP contribution in [0.4, 0.5) is 32.3 Å². The third kappa shape index (κ3) is 9.70. The number of amides is 4. The second kappa shape index (κ2) is 14.2. The third-order valence-electron chi connectivity index (χ3n) is 5.04. The second-order valence-electron chi connectivity index (χ2n) is 8.02. The fourth-order valence-corrected chi connectivity index (χ4v) is 3.24. The lowest BCUT2D eigenvalue weighted by Crippen LogP contribution is -2.28. The van der Waals surface area contributed by atoms with E-state index in [0.717, 1.165) is 11.3 Å². The smallest absolute Gasteiger partial charge is 0.319 e. The van der Waals surface area contributed by atoms with E-state index in [1.165, 1.54) is 12.1 Å². The summed E-state index contributed by atoms with van der Waals surface area (Å²) in [6, 6.07) is 31.3. The molecule has 0 saturated carbocycles. The van der Waals surface area contributed by atoms with Crippen LogP contribution < -0.4 is 27.0 Å². The Morgan fingerprint density at radius 3 is 1.61 bits per heavy atom. The predicted octanol–water partition coefficient (Wildman–Crippen LogP) is 5.51. The van der Waals surface area contributed by atoms with Gasteiger partial charge in [0.15, 0.2) is 0 Å². The van der Waals surface area contributed by atoms with Gasteiger partial charge >= 0.3 is 12.1 Å². The van der Waals surface area contributed by atoms with Crippen LogP contribution in [-0.4, -0.2) is 17.0 Å². The molecular formula is C28H28N6O4. The van der Waals surface area contributed by atoms with Gasteiger partial charge < -0.3 is 27.0 Å². The van der Waals surface area contributed by atoms with Gasteiger partial charge in [-0.3, -0.25) is 10.1 Å². The predicted molar refractivity (Wildman–Crippen MR) is 149 cm³/mol. The molecule has 0 heterocycles. The average Bonchev–Trinajstić information content (AvgIpc) is 2.92. The van der Waals surface area contributed by atoms with E-state index in [1.807, 2.05) is 72.8 Å². The van der Waals surface area contributed by atoms with Crippen molar-refractivity contribution in [3.05, 3.63) is 130 Å². The lowest BCUT2D eigenvalue weighted by atomic mass is 10.2. The Balaban J connectivity index is 0.000000212. The number of benzene rings is 4. The Kier molecular flexibility index (Phi) is 10.2. The molecule has 0 radical (unpaired) electrons. The molecule has 0 unspecified atom stereocenters. The van der Waals surface area contributed by atoms with Gasteiger partial charge in [0.25, 0.3) is 5.69 Å². The fraction of sp³-hybridized carbons (Fsp3) is 0.0714. The van der Waals surface area contributed by atoms with Gasteiger partial charge in [0.2, 0.25) is 0 Å². The van der Waals surface area contributed by atoms with Gasteiger partial charge in [-0.1, -0.05) is 60.7 Å². The molecule has 38 heavy (non-hydrogen) atoms. The molecule has 6 N–H and O–H groups in total. The zero-order valence-corrected chi connectivity index (χ0v) is 20.5. The molecule has 4 aromatic carbocycles. The van der Waals surface area contributed by atoms with E-state index in [4.69, 9.17) is 5.73 Å². The summed E-state index contributed by atoms with van der Waals surface area (Å²) in [4.78, 5) is 33.4. The SMILES string of the molecule is Nc1cccc(CNC(=O)Nc2ccccc2)c1.O=C(NCc1cccc([N+](=O)[O-])c1)Nc1ccccc1. The molecule has 0 aliphatic rings. The van der Waals surface area contributed by atoms with Gasteiger partial charge in [-0.25, -0.2) is 9.59 Å². The van der Waals surface area contributed by atoms with Crippen LogP contribution in [0.15, 0.2) is 109 Å². The average molecular weight is 513 g/mol. The number of hydrogen-bond donors (Lipinski definition) is 5. The van der Waals surface area contributed by atoms with Crippen molar-refractivity contribution in [2.24, 2.45) is 0 Å². The van der Waals surface area contributed by atoms with Gasteiger partial charge in [-0.05, 0) is 47.5 Å². The van der Waals surface area contributed by atoms with Crippen LogP contribution in [0.25, 0.3) is 0 Å². The summed E-state index contributed by atoms with van der Waals surface area (Å²) in [7, 11) is 0. The van der Waals surface area contributed by atoms with Gasteiger partial charge in [0.1, 0.15) is 0 Å². The fourth-order valence-electron chi connectivity index (χ4n) is 3.24. The standard InChI is InChI=1S/C14H13N3O3.C14H15N3O/c18-14(16-12-6-2-1-3-7-12)15-10-11-5-4-8-13(9-11)17(19)20;15-12-6-4-5-11(9-12)10-16-14(18)17-13-7-2-1-3-8-13/h1-9H,10H2,(H2,15,16,18);1-9H,10,15H2,(H2,16,17,18). The van der Waals surface area contributed by atoms with Crippen molar-refractivity contribution in [2.45, 2.75) is 13.1 Å². The quantitative estimate of drug-likeness (QED) is 0.126. The van der Waals surface area contributed by atoms with E-state index in [0.29, 0.717) is 23.5 Å². The van der Waals surface area contributed by atoms with E-state index in [2.05, 4.69) is 21.3 Å². The maximum absolute atomic E-state index is 11.6. The minimum atomic E-state index is -0.465. The van der Waals surface area contributed by atoms with Crippen LogP contribution >= 0.6 is 0 Å². The number of urea groups is 2. The number of nitrogen functional groups attached to an aromatic ring is 1. The van der Waals surface area contributed by atoms with E-state index in [1.54, 1.807) is 24.3 Å². The first-order valence-electron chi connectivity index (χ1n) is 11.7. The Hall–Kier alpha value is -5.38. The highest BCUT2D eigenvalue weighted by atomic mass is 16.6. The van der Waals surface area contributed by atoms with Gasteiger partial charge in [-0.15, -0.1) is 0 Å². The Morgan fingerprint density at radius 1 is 0.658 bits per heavy atom. The summed E-state index contributed by atoms with van der Waals surface area (Å²) in [5, 5.41) is 21.5. The molecule has 4 rings (SSSR count). The number of carbonyl (C=O) groups excluding carboxylic acids is 2. The molecule has 0 fully saturated rings. The van der Waals surface area contributed by atoms with E-state index >= 15 is 0 Å². The first kappa shape index (κ1) is 27.2. The number of non-ortho nitro benzene ring substituents is 1. The largest absolute Gasteiger partial charge is 0.399 e. The topological polar surface area (TPSA) is 151 Å². The number of anilines is 3. The number of nitrogens with one attached hydrogen (secondary N) is 4. The summed E-state index contributed by atoms with van der Waals surface area (Å²) in [6.45, 7) is 0.671.